The molecule has 1 fully saturated rings. The summed E-state index contributed by atoms with van der Waals surface area (Å²) in [4.78, 5) is 18.8. The molecule has 0 bridgehead atoms. The average Bonchev–Trinajstić information content (AvgIpc) is 3.12. The van der Waals surface area contributed by atoms with E-state index in [9.17, 15) is 4.79 Å². The molecule has 1 aliphatic rings. The highest BCUT2D eigenvalue weighted by Crippen LogP contribution is 2.21. The monoisotopic (exact) mass is 362 g/mol. The molecule has 0 atom stereocenters. The van der Waals surface area contributed by atoms with Crippen LogP contribution in [0.25, 0.3) is 11.0 Å². The van der Waals surface area contributed by atoms with Crippen LogP contribution >= 0.6 is 0 Å². The predicted molar refractivity (Wildman–Crippen MR) is 108 cm³/mol. The Morgan fingerprint density at radius 1 is 1.04 bits per heavy atom. The number of hydrogen-bond donors (Lipinski definition) is 1. The number of likely N-dealkylation sites (tertiary alicyclic amines) is 1. The molecule has 1 saturated heterocycles. The van der Waals surface area contributed by atoms with Crippen LogP contribution < -0.4 is 5.32 Å². The average molecular weight is 362 g/mol. The van der Waals surface area contributed by atoms with E-state index >= 15 is 0 Å². The van der Waals surface area contributed by atoms with E-state index in [4.69, 9.17) is 0 Å². The fourth-order valence-corrected chi connectivity index (χ4v) is 3.82. The molecular weight excluding hydrogens is 336 g/mol. The van der Waals surface area contributed by atoms with Gasteiger partial charge in [0.1, 0.15) is 0 Å². The third-order valence-corrected chi connectivity index (χ3v) is 5.42. The van der Waals surface area contributed by atoms with Crippen LogP contribution in [0.2, 0.25) is 0 Å². The summed E-state index contributed by atoms with van der Waals surface area (Å²) in [6.07, 6.45) is 4.89. The van der Waals surface area contributed by atoms with E-state index in [1.807, 2.05) is 41.6 Å². The summed E-state index contributed by atoms with van der Waals surface area (Å²) in [7, 11) is 0. The van der Waals surface area contributed by atoms with Crippen LogP contribution in [0.5, 0.6) is 0 Å². The maximum atomic E-state index is 12.4. The highest BCUT2D eigenvalue weighted by atomic mass is 16.2. The van der Waals surface area contributed by atoms with Gasteiger partial charge in [0, 0.05) is 26.2 Å². The summed E-state index contributed by atoms with van der Waals surface area (Å²) in [5.41, 5.74) is 3.50. The fraction of sp³-hybridized carbons (Fsp3) is 0.364. The molecule has 2 aromatic carbocycles. The van der Waals surface area contributed by atoms with Gasteiger partial charge in [0.2, 0.25) is 0 Å². The summed E-state index contributed by atoms with van der Waals surface area (Å²) in [5, 5.41) is 3.06. The first-order valence-electron chi connectivity index (χ1n) is 9.76. The van der Waals surface area contributed by atoms with Crippen molar-refractivity contribution in [1.82, 2.24) is 19.8 Å². The first kappa shape index (κ1) is 17.6. The molecule has 1 N–H and O–H groups in total. The van der Waals surface area contributed by atoms with Crippen molar-refractivity contribution in [2.45, 2.75) is 25.8 Å². The number of nitrogens with zero attached hydrogens (tertiary/aromatic N) is 3. The Balaban J connectivity index is 1.23. The number of benzene rings is 2. The molecule has 4 rings (SSSR count). The Morgan fingerprint density at radius 2 is 1.78 bits per heavy atom. The van der Waals surface area contributed by atoms with Gasteiger partial charge in [-0.3, -0.25) is 0 Å². The lowest BCUT2D eigenvalue weighted by molar-refractivity contribution is 0.166. The molecule has 5 heteroatoms. The van der Waals surface area contributed by atoms with Crippen molar-refractivity contribution in [3.05, 3.63) is 66.5 Å². The van der Waals surface area contributed by atoms with E-state index in [0.29, 0.717) is 12.5 Å². The van der Waals surface area contributed by atoms with Gasteiger partial charge in [0.15, 0.2) is 0 Å². The molecule has 0 aliphatic carbocycles. The zero-order valence-electron chi connectivity index (χ0n) is 15.6. The fourth-order valence-electron chi connectivity index (χ4n) is 3.82. The number of rotatable bonds is 5. The van der Waals surface area contributed by atoms with Crippen molar-refractivity contribution >= 4 is 17.1 Å². The smallest absolute Gasteiger partial charge is 0.317 e. The van der Waals surface area contributed by atoms with Gasteiger partial charge in [-0.25, -0.2) is 9.78 Å². The summed E-state index contributed by atoms with van der Waals surface area (Å²) in [6, 6.07) is 18.6. The van der Waals surface area contributed by atoms with Crippen molar-refractivity contribution in [1.29, 1.82) is 0 Å². The van der Waals surface area contributed by atoms with E-state index < -0.39 is 0 Å². The third-order valence-electron chi connectivity index (χ3n) is 5.42. The predicted octanol–water partition coefficient (Wildman–Crippen LogP) is 3.70. The lowest BCUT2D eigenvalue weighted by atomic mass is 9.97. The number of imidazole rings is 1. The number of aromatic nitrogens is 2. The standard InChI is InChI=1S/C22H26N4O/c27-22(23-13-10-18-6-2-1-3-7-18)25-14-11-19(12-15-25)16-26-17-24-20-8-4-5-9-21(20)26/h1-9,17,19H,10-16H2,(H,23,27). The molecule has 2 amide bonds. The van der Waals surface area contributed by atoms with Crippen LogP contribution in [0, 0.1) is 5.92 Å². The first-order chi connectivity index (χ1) is 13.3. The number of carbonyl (C=O) groups is 1. The SMILES string of the molecule is O=C(NCCc1ccccc1)N1CCC(Cn2cnc3ccccc32)CC1. The summed E-state index contributed by atoms with van der Waals surface area (Å²) < 4.78 is 2.25. The third kappa shape index (κ3) is 4.30. The number of urea groups is 1. The zero-order chi connectivity index (χ0) is 18.5. The number of piperidine rings is 1. The minimum Gasteiger partial charge on any atom is -0.338 e. The molecule has 27 heavy (non-hydrogen) atoms. The molecule has 1 aliphatic heterocycles. The van der Waals surface area contributed by atoms with E-state index in [2.05, 4.69) is 39.1 Å². The van der Waals surface area contributed by atoms with Crippen molar-refractivity contribution in [2.75, 3.05) is 19.6 Å². The molecule has 1 aromatic heterocycles. The number of para-hydroxylation sites is 2. The van der Waals surface area contributed by atoms with Crippen LogP contribution in [0.15, 0.2) is 60.9 Å². The number of hydrogen-bond acceptors (Lipinski definition) is 2. The Hall–Kier alpha value is -2.82. The minimum absolute atomic E-state index is 0.0671. The first-order valence-corrected chi connectivity index (χ1v) is 9.76. The van der Waals surface area contributed by atoms with Gasteiger partial charge < -0.3 is 14.8 Å². The molecule has 0 unspecified atom stereocenters. The maximum Gasteiger partial charge on any atom is 0.317 e. The van der Waals surface area contributed by atoms with E-state index in [-0.39, 0.29) is 6.03 Å². The largest absolute Gasteiger partial charge is 0.338 e. The summed E-state index contributed by atoms with van der Waals surface area (Å²) in [5.74, 6) is 0.593. The van der Waals surface area contributed by atoms with Crippen molar-refractivity contribution < 1.29 is 4.79 Å². The van der Waals surface area contributed by atoms with Crippen molar-refractivity contribution in [2.24, 2.45) is 5.92 Å². The highest BCUT2D eigenvalue weighted by Gasteiger charge is 2.23. The van der Waals surface area contributed by atoms with Crippen LogP contribution in [0.1, 0.15) is 18.4 Å². The molecule has 0 saturated carbocycles. The van der Waals surface area contributed by atoms with Gasteiger partial charge in [-0.15, -0.1) is 0 Å². The van der Waals surface area contributed by atoms with Gasteiger partial charge in [-0.05, 0) is 42.9 Å². The van der Waals surface area contributed by atoms with Gasteiger partial charge in [-0.2, -0.15) is 0 Å². The van der Waals surface area contributed by atoms with Crippen LogP contribution in [-0.2, 0) is 13.0 Å². The lowest BCUT2D eigenvalue weighted by Crippen LogP contribution is -2.45. The van der Waals surface area contributed by atoms with Crippen molar-refractivity contribution in [3.63, 3.8) is 0 Å². The van der Waals surface area contributed by atoms with Gasteiger partial charge in [0.05, 0.1) is 17.4 Å². The molecule has 140 valence electrons. The van der Waals surface area contributed by atoms with Crippen LogP contribution in [0.3, 0.4) is 0 Å². The van der Waals surface area contributed by atoms with Gasteiger partial charge >= 0.3 is 6.03 Å². The normalized spacial score (nSPS) is 15.2. The second-order valence-electron chi connectivity index (χ2n) is 7.28. The van der Waals surface area contributed by atoms with Gasteiger partial charge in [-0.1, -0.05) is 42.5 Å². The Bertz CT molecular complexity index is 881. The van der Waals surface area contributed by atoms with E-state index in [0.717, 1.165) is 44.4 Å². The highest BCUT2D eigenvalue weighted by molar-refractivity contribution is 5.75. The second kappa shape index (κ2) is 8.25. The topological polar surface area (TPSA) is 50.2 Å². The number of nitrogens with one attached hydrogen (secondary N) is 1. The quantitative estimate of drug-likeness (QED) is 0.752. The number of fused-ring (bicyclic) bond motifs is 1. The number of carbonyl (C=O) groups excluding carboxylic acids is 1. The molecule has 5 nitrogen and oxygen atoms in total. The second-order valence-corrected chi connectivity index (χ2v) is 7.28. The van der Waals surface area contributed by atoms with Gasteiger partial charge in [0.25, 0.3) is 0 Å². The molecule has 3 aromatic rings. The van der Waals surface area contributed by atoms with E-state index in [1.165, 1.54) is 11.1 Å². The van der Waals surface area contributed by atoms with E-state index in [1.54, 1.807) is 0 Å². The van der Waals surface area contributed by atoms with Crippen LogP contribution in [0.4, 0.5) is 4.79 Å². The molecule has 0 radical (unpaired) electrons. The Morgan fingerprint density at radius 3 is 2.59 bits per heavy atom. The zero-order valence-corrected chi connectivity index (χ0v) is 15.6. The lowest BCUT2D eigenvalue weighted by Gasteiger charge is -2.32. The molecular formula is C22H26N4O. The molecule has 0 spiro atoms. The Kier molecular flexibility index (Phi) is 5.37. The Labute approximate surface area is 160 Å². The minimum atomic E-state index is 0.0671. The number of amides is 2. The maximum absolute atomic E-state index is 12.4. The summed E-state index contributed by atoms with van der Waals surface area (Å²) >= 11 is 0. The molecule has 2 heterocycles. The van der Waals surface area contributed by atoms with Crippen LogP contribution in [-0.4, -0.2) is 40.1 Å². The summed E-state index contributed by atoms with van der Waals surface area (Å²) in [6.45, 7) is 3.32. The van der Waals surface area contributed by atoms with Crippen molar-refractivity contribution in [3.8, 4) is 0 Å².